The lowest BCUT2D eigenvalue weighted by molar-refractivity contribution is 0.102. The molecule has 0 radical (unpaired) electrons. The van der Waals surface area contributed by atoms with Crippen LogP contribution in [0.5, 0.6) is 0 Å². The maximum atomic E-state index is 12.9. The number of aromatic nitrogens is 3. The van der Waals surface area contributed by atoms with Crippen molar-refractivity contribution >= 4 is 23.2 Å². The largest absolute Gasteiger partial charge is 0.324 e. The Morgan fingerprint density at radius 2 is 1.81 bits per heavy atom. The molecule has 0 saturated carbocycles. The lowest BCUT2D eigenvalue weighted by Gasteiger charge is -2.29. The zero-order valence-corrected chi connectivity index (χ0v) is 20.6. The average Bonchev–Trinajstić information content (AvgIpc) is 2.92. The first kappa shape index (κ1) is 23.6. The van der Waals surface area contributed by atoms with Crippen LogP contribution in [-0.2, 0) is 0 Å². The summed E-state index contributed by atoms with van der Waals surface area (Å²) < 4.78 is 0. The summed E-state index contributed by atoms with van der Waals surface area (Å²) in [5.41, 5.74) is 6.22. The number of carbonyl (C=O) groups excluding carboxylic acids is 1. The van der Waals surface area contributed by atoms with Gasteiger partial charge in [0.05, 0.1) is 5.69 Å². The average molecular weight is 479 g/mol. The highest BCUT2D eigenvalue weighted by Crippen LogP contribution is 2.28. The molecule has 2 N–H and O–H groups in total. The number of amides is 1. The van der Waals surface area contributed by atoms with E-state index in [2.05, 4.69) is 49.7 Å². The summed E-state index contributed by atoms with van der Waals surface area (Å²) in [5, 5.41) is 6.30. The van der Waals surface area contributed by atoms with Gasteiger partial charge in [-0.15, -0.1) is 0 Å². The molecule has 0 spiro atoms. The van der Waals surface area contributed by atoms with Gasteiger partial charge in [0.1, 0.15) is 0 Å². The van der Waals surface area contributed by atoms with Gasteiger partial charge in [-0.3, -0.25) is 9.78 Å². The van der Waals surface area contributed by atoms with Gasteiger partial charge < -0.3 is 15.5 Å². The molecule has 1 saturated heterocycles. The van der Waals surface area contributed by atoms with Crippen LogP contribution in [0.25, 0.3) is 11.3 Å². The quantitative estimate of drug-likeness (QED) is 0.373. The molecule has 0 atom stereocenters. The molecule has 182 valence electrons. The Labute approximate surface area is 211 Å². The first-order valence-corrected chi connectivity index (χ1v) is 12.3. The number of nitrogens with zero attached hydrogens (tertiary/aromatic N) is 4. The second kappa shape index (κ2) is 10.7. The maximum absolute atomic E-state index is 12.9. The molecule has 0 unspecified atom stereocenters. The van der Waals surface area contributed by atoms with Crippen molar-refractivity contribution in [3.8, 4) is 11.3 Å². The van der Waals surface area contributed by atoms with Crippen LogP contribution in [0.2, 0.25) is 0 Å². The van der Waals surface area contributed by atoms with Gasteiger partial charge in [0.25, 0.3) is 5.91 Å². The number of nitrogens with one attached hydrogen (secondary N) is 2. The van der Waals surface area contributed by atoms with Crippen molar-refractivity contribution in [1.82, 2.24) is 19.9 Å². The molecular formula is C29H30N6O. The number of piperidine rings is 1. The van der Waals surface area contributed by atoms with Crippen molar-refractivity contribution in [2.45, 2.75) is 25.7 Å². The van der Waals surface area contributed by atoms with Crippen molar-refractivity contribution < 1.29 is 4.79 Å². The Bertz CT molecular complexity index is 1330. The summed E-state index contributed by atoms with van der Waals surface area (Å²) in [4.78, 5) is 28.4. The van der Waals surface area contributed by atoms with Crippen LogP contribution >= 0.6 is 0 Å². The van der Waals surface area contributed by atoms with E-state index in [1.165, 1.54) is 5.56 Å². The highest BCUT2D eigenvalue weighted by atomic mass is 16.1. The summed E-state index contributed by atoms with van der Waals surface area (Å²) in [5.74, 6) is 0.921. The van der Waals surface area contributed by atoms with Gasteiger partial charge >= 0.3 is 0 Å². The van der Waals surface area contributed by atoms with Crippen molar-refractivity contribution in [1.29, 1.82) is 0 Å². The molecule has 5 rings (SSSR count). The standard InChI is InChI=1S/C29H30N6O/c1-20-5-10-25(18-27(20)34-29-31-15-11-26(33-29)24-4-3-14-30-19-24)32-28(36)23-8-6-21(7-9-23)22-12-16-35(2)17-13-22/h3-11,14-15,18-19,22H,12-13,16-17H2,1-2H3,(H,32,36)(H,31,33,34). The van der Waals surface area contributed by atoms with Crippen LogP contribution in [0, 0.1) is 6.92 Å². The van der Waals surface area contributed by atoms with E-state index < -0.39 is 0 Å². The van der Waals surface area contributed by atoms with Crippen LogP contribution in [0.1, 0.15) is 40.2 Å². The maximum Gasteiger partial charge on any atom is 0.255 e. The zero-order valence-electron chi connectivity index (χ0n) is 20.6. The van der Waals surface area contributed by atoms with Crippen molar-refractivity contribution in [2.24, 2.45) is 0 Å². The second-order valence-electron chi connectivity index (χ2n) is 9.32. The van der Waals surface area contributed by atoms with Crippen molar-refractivity contribution in [2.75, 3.05) is 30.8 Å². The third-order valence-electron chi connectivity index (χ3n) is 6.72. The minimum absolute atomic E-state index is 0.130. The van der Waals surface area contributed by atoms with E-state index in [0.717, 1.165) is 48.4 Å². The third-order valence-corrected chi connectivity index (χ3v) is 6.72. The molecule has 1 aliphatic rings. The van der Waals surface area contributed by atoms with E-state index in [0.29, 0.717) is 23.1 Å². The number of hydrogen-bond donors (Lipinski definition) is 2. The fourth-order valence-electron chi connectivity index (χ4n) is 4.50. The van der Waals surface area contributed by atoms with Gasteiger partial charge in [-0.25, -0.2) is 9.97 Å². The van der Waals surface area contributed by atoms with Crippen LogP contribution in [0.15, 0.2) is 79.3 Å². The molecular weight excluding hydrogens is 448 g/mol. The van der Waals surface area contributed by atoms with Gasteiger partial charge in [0, 0.05) is 41.1 Å². The Hall–Kier alpha value is -4.10. The molecule has 7 nitrogen and oxygen atoms in total. The number of likely N-dealkylation sites (tertiary alicyclic amines) is 1. The van der Waals surface area contributed by atoms with Gasteiger partial charge in [-0.1, -0.05) is 18.2 Å². The van der Waals surface area contributed by atoms with Gasteiger partial charge in [0.15, 0.2) is 0 Å². The minimum Gasteiger partial charge on any atom is -0.324 e. The topological polar surface area (TPSA) is 83.0 Å². The van der Waals surface area contributed by atoms with Crippen LogP contribution in [-0.4, -0.2) is 45.9 Å². The summed E-state index contributed by atoms with van der Waals surface area (Å²) in [6.07, 6.45) is 7.55. The molecule has 4 aromatic rings. The normalized spacial score (nSPS) is 14.4. The highest BCUT2D eigenvalue weighted by molar-refractivity contribution is 6.04. The van der Waals surface area contributed by atoms with Crippen molar-refractivity contribution in [3.63, 3.8) is 0 Å². The molecule has 3 heterocycles. The number of anilines is 3. The van der Waals surface area contributed by atoms with E-state index in [4.69, 9.17) is 0 Å². The summed E-state index contributed by atoms with van der Waals surface area (Å²) >= 11 is 0. The zero-order chi connectivity index (χ0) is 24.9. The van der Waals surface area contributed by atoms with Crippen LogP contribution in [0.3, 0.4) is 0 Å². The Kier molecular flexibility index (Phi) is 7.00. The molecule has 0 bridgehead atoms. The lowest BCUT2D eigenvalue weighted by atomic mass is 9.89. The van der Waals surface area contributed by atoms with Gasteiger partial charge in [-0.2, -0.15) is 0 Å². The first-order chi connectivity index (χ1) is 17.5. The first-order valence-electron chi connectivity index (χ1n) is 12.3. The molecule has 0 aliphatic carbocycles. The van der Waals surface area contributed by atoms with Gasteiger partial charge in [0.2, 0.25) is 5.95 Å². The van der Waals surface area contributed by atoms with E-state index in [-0.39, 0.29) is 5.91 Å². The fraction of sp³-hybridized carbons (Fsp3) is 0.241. The minimum atomic E-state index is -0.130. The van der Waals surface area contributed by atoms with E-state index in [1.54, 1.807) is 18.6 Å². The molecule has 36 heavy (non-hydrogen) atoms. The van der Waals surface area contributed by atoms with E-state index in [9.17, 15) is 4.79 Å². The third kappa shape index (κ3) is 5.58. The smallest absolute Gasteiger partial charge is 0.255 e. The molecule has 2 aromatic carbocycles. The van der Waals surface area contributed by atoms with Crippen molar-refractivity contribution in [3.05, 3.63) is 95.9 Å². The SMILES string of the molecule is Cc1ccc(NC(=O)c2ccc(C3CCN(C)CC3)cc2)cc1Nc1nccc(-c2cccnc2)n1. The van der Waals surface area contributed by atoms with E-state index in [1.807, 2.05) is 55.5 Å². The number of hydrogen-bond acceptors (Lipinski definition) is 6. The molecule has 1 amide bonds. The summed E-state index contributed by atoms with van der Waals surface area (Å²) in [6, 6.07) is 19.5. The van der Waals surface area contributed by atoms with Crippen LogP contribution in [0.4, 0.5) is 17.3 Å². The molecule has 1 aliphatic heterocycles. The number of carbonyl (C=O) groups is 1. The Morgan fingerprint density at radius 1 is 1.00 bits per heavy atom. The number of rotatable bonds is 6. The fourth-order valence-corrected chi connectivity index (χ4v) is 4.50. The number of aryl methyl sites for hydroxylation is 1. The van der Waals surface area contributed by atoms with E-state index >= 15 is 0 Å². The van der Waals surface area contributed by atoms with Crippen LogP contribution < -0.4 is 10.6 Å². The Morgan fingerprint density at radius 3 is 2.56 bits per heavy atom. The number of pyridine rings is 1. The molecule has 1 fully saturated rings. The van der Waals surface area contributed by atoms with Gasteiger partial charge in [-0.05, 0) is 99.4 Å². The summed E-state index contributed by atoms with van der Waals surface area (Å²) in [6.45, 7) is 4.24. The highest BCUT2D eigenvalue weighted by Gasteiger charge is 2.18. The second-order valence-corrected chi connectivity index (χ2v) is 9.32. The Balaban J connectivity index is 1.27. The predicted molar refractivity (Wildman–Crippen MR) is 144 cm³/mol. The molecule has 7 heteroatoms. The summed E-state index contributed by atoms with van der Waals surface area (Å²) in [7, 11) is 2.17. The molecule has 2 aromatic heterocycles. The lowest BCUT2D eigenvalue weighted by Crippen LogP contribution is -2.29. The number of benzene rings is 2. The monoisotopic (exact) mass is 478 g/mol. The predicted octanol–water partition coefficient (Wildman–Crippen LogP) is 5.65.